The van der Waals surface area contributed by atoms with Gasteiger partial charge in [-0.1, -0.05) is 12.1 Å². The number of carboxylic acids is 2. The number of carbonyl (C=O) groups is 3. The minimum Gasteiger partial charge on any atom is -0.478 e. The van der Waals surface area contributed by atoms with Crippen LogP contribution in [-0.2, 0) is 0 Å². The summed E-state index contributed by atoms with van der Waals surface area (Å²) in [5, 5.41) is 20.9. The number of aryl methyl sites for hydroxylation is 1. The molecule has 0 atom stereocenters. The second-order valence-electron chi connectivity index (χ2n) is 9.72. The van der Waals surface area contributed by atoms with Gasteiger partial charge in [-0.3, -0.25) is 19.0 Å². The number of carboxylic acid groups (broad SMARTS) is 2. The fourth-order valence-electron chi connectivity index (χ4n) is 5.32. The molecule has 0 bridgehead atoms. The quantitative estimate of drug-likeness (QED) is 0.217. The molecule has 9 nitrogen and oxygen atoms in total. The van der Waals surface area contributed by atoms with E-state index in [2.05, 4.69) is 4.98 Å². The average molecular weight is 532 g/mol. The van der Waals surface area contributed by atoms with Crippen molar-refractivity contribution in [3.63, 3.8) is 0 Å². The van der Waals surface area contributed by atoms with E-state index in [1.54, 1.807) is 56.3 Å². The molecule has 0 unspecified atom stereocenters. The van der Waals surface area contributed by atoms with Gasteiger partial charge in [0.25, 0.3) is 5.56 Å². The smallest absolute Gasteiger partial charge is 0.335 e. The third-order valence-electron chi connectivity index (χ3n) is 7.24. The number of hydrogen-bond donors (Lipinski definition) is 2. The van der Waals surface area contributed by atoms with E-state index in [1.165, 1.54) is 29.5 Å². The number of Topliss-reactive ketones (excluding diaryl/α,β-unsaturated/α-hetero) is 1. The Balaban J connectivity index is 1.70. The van der Waals surface area contributed by atoms with Crippen molar-refractivity contribution in [3.05, 3.63) is 98.8 Å². The summed E-state index contributed by atoms with van der Waals surface area (Å²) in [4.78, 5) is 59.0. The zero-order chi connectivity index (χ0) is 28.5. The Morgan fingerprint density at radius 3 is 2.12 bits per heavy atom. The molecule has 0 fully saturated rings. The third-order valence-corrected chi connectivity index (χ3v) is 7.24. The zero-order valence-corrected chi connectivity index (χ0v) is 21.6. The first kappa shape index (κ1) is 24.9. The summed E-state index contributed by atoms with van der Waals surface area (Å²) in [5.41, 5.74) is 3.96. The molecule has 0 aliphatic rings. The lowest BCUT2D eigenvalue weighted by molar-refractivity contribution is 0.0686. The number of ketones is 1. The SMILES string of the molecule is CC(=O)c1ccc2c3c1c(C(C)=Nc1ccc(C(=O)O)cc1C)ccc3c(=O)n1c3cc(C(=O)O)ccc3nc21. The second-order valence-corrected chi connectivity index (χ2v) is 9.72. The number of rotatable bonds is 5. The van der Waals surface area contributed by atoms with Gasteiger partial charge < -0.3 is 10.2 Å². The molecule has 6 rings (SSSR count). The van der Waals surface area contributed by atoms with Crippen LogP contribution >= 0.6 is 0 Å². The van der Waals surface area contributed by atoms with Gasteiger partial charge in [-0.05, 0) is 74.9 Å². The van der Waals surface area contributed by atoms with Crippen LogP contribution in [0, 0.1) is 6.92 Å². The number of aromatic carboxylic acids is 2. The van der Waals surface area contributed by atoms with Crippen LogP contribution < -0.4 is 5.56 Å². The second kappa shape index (κ2) is 8.81. The van der Waals surface area contributed by atoms with Crippen LogP contribution in [0.4, 0.5) is 5.69 Å². The summed E-state index contributed by atoms with van der Waals surface area (Å²) in [7, 11) is 0. The number of nitrogens with zero attached hydrogens (tertiary/aromatic N) is 3. The Labute approximate surface area is 226 Å². The minimum atomic E-state index is -1.11. The molecule has 0 amide bonds. The lowest BCUT2D eigenvalue weighted by atomic mass is 9.91. The predicted octanol–water partition coefficient (Wildman–Crippen LogP) is 5.64. The van der Waals surface area contributed by atoms with E-state index < -0.39 is 11.9 Å². The molecular weight excluding hydrogens is 510 g/mol. The van der Waals surface area contributed by atoms with E-state index in [-0.39, 0.29) is 22.5 Å². The van der Waals surface area contributed by atoms with Crippen LogP contribution in [-0.4, -0.2) is 43.0 Å². The molecule has 0 aliphatic heterocycles. The largest absolute Gasteiger partial charge is 0.478 e. The highest BCUT2D eigenvalue weighted by molar-refractivity contribution is 6.27. The van der Waals surface area contributed by atoms with Gasteiger partial charge in [-0.25, -0.2) is 14.6 Å². The van der Waals surface area contributed by atoms with Crippen LogP contribution in [0.15, 0.2) is 70.5 Å². The van der Waals surface area contributed by atoms with Gasteiger partial charge in [0.1, 0.15) is 5.65 Å². The fourth-order valence-corrected chi connectivity index (χ4v) is 5.32. The number of carbonyl (C=O) groups excluding carboxylic acids is 1. The first-order valence-corrected chi connectivity index (χ1v) is 12.4. The molecule has 40 heavy (non-hydrogen) atoms. The summed E-state index contributed by atoms with van der Waals surface area (Å²) in [6.45, 7) is 5.03. The van der Waals surface area contributed by atoms with Crippen molar-refractivity contribution < 1.29 is 24.6 Å². The highest BCUT2D eigenvalue weighted by Gasteiger charge is 2.22. The van der Waals surface area contributed by atoms with Crippen LogP contribution in [0.25, 0.3) is 38.2 Å². The normalized spacial score (nSPS) is 12.1. The summed E-state index contributed by atoms with van der Waals surface area (Å²) in [6.07, 6.45) is 0. The van der Waals surface area contributed by atoms with Gasteiger partial charge in [-0.15, -0.1) is 0 Å². The van der Waals surface area contributed by atoms with E-state index in [0.717, 1.165) is 0 Å². The van der Waals surface area contributed by atoms with Gasteiger partial charge in [0.2, 0.25) is 0 Å². The van der Waals surface area contributed by atoms with Crippen molar-refractivity contribution >= 4 is 67.3 Å². The Kier molecular flexibility index (Phi) is 5.48. The van der Waals surface area contributed by atoms with Crippen molar-refractivity contribution in [2.24, 2.45) is 4.99 Å². The topological polar surface area (TPSA) is 138 Å². The maximum atomic E-state index is 13.8. The number of aliphatic imine (C=N–C) groups is 1. The monoisotopic (exact) mass is 531 g/mol. The first-order chi connectivity index (χ1) is 19.1. The van der Waals surface area contributed by atoms with Gasteiger partial charge in [0.05, 0.1) is 27.8 Å². The third kappa shape index (κ3) is 3.63. The van der Waals surface area contributed by atoms with Gasteiger partial charge in [0, 0.05) is 38.4 Å². The molecular formula is C31H21N3O6. The Morgan fingerprint density at radius 1 is 0.800 bits per heavy atom. The van der Waals surface area contributed by atoms with E-state index in [4.69, 9.17) is 4.99 Å². The van der Waals surface area contributed by atoms with Crippen LogP contribution in [0.3, 0.4) is 0 Å². The molecule has 4 aromatic carbocycles. The fraction of sp³-hybridized carbons (Fsp3) is 0.0968. The molecule has 196 valence electrons. The van der Waals surface area contributed by atoms with Gasteiger partial charge >= 0.3 is 11.9 Å². The minimum absolute atomic E-state index is 0.0414. The maximum absolute atomic E-state index is 13.8. The van der Waals surface area contributed by atoms with Crippen LogP contribution in [0.1, 0.15) is 56.0 Å². The van der Waals surface area contributed by atoms with Crippen molar-refractivity contribution in [2.45, 2.75) is 20.8 Å². The van der Waals surface area contributed by atoms with E-state index in [1.807, 2.05) is 0 Å². The molecule has 9 heteroatoms. The molecule has 0 radical (unpaired) electrons. The van der Waals surface area contributed by atoms with E-state index >= 15 is 0 Å². The highest BCUT2D eigenvalue weighted by Crippen LogP contribution is 2.35. The molecule has 2 N–H and O–H groups in total. The number of benzene rings is 4. The molecule has 2 aromatic heterocycles. The van der Waals surface area contributed by atoms with Crippen LogP contribution in [0.5, 0.6) is 0 Å². The molecule has 0 saturated heterocycles. The summed E-state index contributed by atoms with van der Waals surface area (Å²) in [5.74, 6) is -2.32. The average Bonchev–Trinajstić information content (AvgIpc) is 3.31. The molecule has 0 spiro atoms. The lowest BCUT2D eigenvalue weighted by Gasteiger charge is -2.15. The summed E-state index contributed by atoms with van der Waals surface area (Å²) in [6, 6.07) is 16.0. The lowest BCUT2D eigenvalue weighted by Crippen LogP contribution is -2.15. The van der Waals surface area contributed by atoms with Crippen molar-refractivity contribution in [1.29, 1.82) is 0 Å². The Hall–Kier alpha value is -5.44. The number of fused-ring (bicyclic) bond motifs is 4. The summed E-state index contributed by atoms with van der Waals surface area (Å²) >= 11 is 0. The number of pyridine rings is 1. The van der Waals surface area contributed by atoms with Crippen LogP contribution in [0.2, 0.25) is 0 Å². The van der Waals surface area contributed by atoms with Gasteiger partial charge in [0.15, 0.2) is 5.78 Å². The predicted molar refractivity (Wildman–Crippen MR) is 152 cm³/mol. The zero-order valence-electron chi connectivity index (χ0n) is 21.6. The highest BCUT2D eigenvalue weighted by atomic mass is 16.4. The summed E-state index contributed by atoms with van der Waals surface area (Å²) < 4.78 is 1.42. The van der Waals surface area contributed by atoms with Gasteiger partial charge in [-0.2, -0.15) is 0 Å². The van der Waals surface area contributed by atoms with Crippen molar-refractivity contribution in [1.82, 2.24) is 9.38 Å². The standard InChI is InChI=1S/C31H21N3O6/c1-14-12-17(30(37)38)4-10-23(14)32-15(2)19-6-9-22-27-21(8-7-20(16(3)35)26(19)27)28-33-24-11-5-18(31(39)40)13-25(24)34(28)29(22)36/h4-13H,1-3H3,(H,37,38)(H,39,40). The molecule has 2 heterocycles. The number of imidazole rings is 1. The molecule has 0 aliphatic carbocycles. The molecule has 0 saturated carbocycles. The number of hydrogen-bond acceptors (Lipinski definition) is 6. The Bertz CT molecular complexity index is 2190. The van der Waals surface area contributed by atoms with Crippen molar-refractivity contribution in [2.75, 3.05) is 0 Å². The maximum Gasteiger partial charge on any atom is 0.335 e. The van der Waals surface area contributed by atoms with E-state index in [9.17, 15) is 29.4 Å². The molecule has 6 aromatic rings. The first-order valence-electron chi connectivity index (χ1n) is 12.4. The Morgan fingerprint density at radius 2 is 1.45 bits per heavy atom. The van der Waals surface area contributed by atoms with E-state index in [0.29, 0.717) is 66.3 Å². The van der Waals surface area contributed by atoms with Crippen molar-refractivity contribution in [3.8, 4) is 0 Å². The number of aromatic nitrogens is 2.